The molecule has 3 heteroatoms. The van der Waals surface area contributed by atoms with Gasteiger partial charge in [-0.3, -0.25) is 0 Å². The molecule has 0 amide bonds. The number of fused-ring (bicyclic) bond motifs is 1. The molecule has 104 valence electrons. The van der Waals surface area contributed by atoms with E-state index in [1.165, 1.54) is 19.3 Å². The molecule has 1 spiro atoms. The van der Waals surface area contributed by atoms with E-state index >= 15 is 0 Å². The zero-order valence-corrected chi connectivity index (χ0v) is 12.1. The molecule has 2 aliphatic rings. The molecule has 3 rings (SSSR count). The van der Waals surface area contributed by atoms with Crippen molar-refractivity contribution in [3.8, 4) is 5.75 Å². The molecule has 3 atom stereocenters. The summed E-state index contributed by atoms with van der Waals surface area (Å²) in [4.78, 5) is 0. The first-order valence-electron chi connectivity index (χ1n) is 7.31. The van der Waals surface area contributed by atoms with Crippen molar-refractivity contribution in [1.29, 1.82) is 0 Å². The Kier molecular flexibility index (Phi) is 3.48. The lowest BCUT2D eigenvalue weighted by Crippen LogP contribution is -2.49. The van der Waals surface area contributed by atoms with E-state index in [1.54, 1.807) is 0 Å². The third kappa shape index (κ3) is 2.25. The summed E-state index contributed by atoms with van der Waals surface area (Å²) in [6.07, 6.45) is 6.14. The van der Waals surface area contributed by atoms with Crippen LogP contribution in [0, 0.1) is 5.92 Å². The molecule has 2 nitrogen and oxygen atoms in total. The minimum atomic E-state index is -0.449. The highest BCUT2D eigenvalue weighted by molar-refractivity contribution is 6.30. The van der Waals surface area contributed by atoms with Crippen LogP contribution in [0.1, 0.15) is 57.1 Å². The summed E-state index contributed by atoms with van der Waals surface area (Å²) < 4.78 is 6.37. The molecule has 3 unspecified atom stereocenters. The van der Waals surface area contributed by atoms with Crippen LogP contribution in [0.15, 0.2) is 18.2 Å². The third-order valence-corrected chi connectivity index (χ3v) is 5.06. The summed E-state index contributed by atoms with van der Waals surface area (Å²) in [5.74, 6) is 1.38. The summed E-state index contributed by atoms with van der Waals surface area (Å²) in [6.45, 7) is 2.23. The predicted octanol–water partition coefficient (Wildman–Crippen LogP) is 4.49. The molecule has 1 aliphatic carbocycles. The van der Waals surface area contributed by atoms with Crippen LogP contribution in [-0.4, -0.2) is 10.7 Å². The largest absolute Gasteiger partial charge is 0.486 e. The van der Waals surface area contributed by atoms with Gasteiger partial charge in [-0.1, -0.05) is 24.9 Å². The van der Waals surface area contributed by atoms with Gasteiger partial charge in [-0.15, -0.1) is 0 Å². The van der Waals surface area contributed by atoms with Gasteiger partial charge >= 0.3 is 0 Å². The molecule has 1 saturated carbocycles. The summed E-state index contributed by atoms with van der Waals surface area (Å²) in [7, 11) is 0. The van der Waals surface area contributed by atoms with Gasteiger partial charge in [0.1, 0.15) is 11.4 Å². The molecule has 1 fully saturated rings. The van der Waals surface area contributed by atoms with E-state index in [2.05, 4.69) is 6.92 Å². The van der Waals surface area contributed by atoms with E-state index in [9.17, 15) is 5.11 Å². The van der Waals surface area contributed by atoms with Gasteiger partial charge in [-0.2, -0.15) is 0 Å². The fourth-order valence-electron chi connectivity index (χ4n) is 3.83. The Balaban J connectivity index is 1.97. The van der Waals surface area contributed by atoms with Gasteiger partial charge in [0.05, 0.1) is 6.10 Å². The highest BCUT2D eigenvalue weighted by Crippen LogP contribution is 2.49. The second kappa shape index (κ2) is 4.99. The average Bonchev–Trinajstić information content (AvgIpc) is 2.40. The molecule has 1 N–H and O–H groups in total. The van der Waals surface area contributed by atoms with Crippen molar-refractivity contribution in [2.45, 2.75) is 57.2 Å². The summed E-state index contributed by atoms with van der Waals surface area (Å²) in [5.41, 5.74) is 0.686. The zero-order valence-electron chi connectivity index (χ0n) is 11.4. The van der Waals surface area contributed by atoms with Gasteiger partial charge in [-0.05, 0) is 49.8 Å². The van der Waals surface area contributed by atoms with E-state index in [1.807, 2.05) is 18.2 Å². The number of aliphatic hydroxyl groups is 1. The Morgan fingerprint density at radius 2 is 2.26 bits per heavy atom. The van der Waals surface area contributed by atoms with Gasteiger partial charge in [0, 0.05) is 17.0 Å². The maximum Gasteiger partial charge on any atom is 0.126 e. The van der Waals surface area contributed by atoms with Crippen LogP contribution < -0.4 is 4.74 Å². The molecule has 1 aliphatic heterocycles. The average molecular weight is 281 g/mol. The van der Waals surface area contributed by atoms with Crippen molar-refractivity contribution >= 4 is 11.6 Å². The lowest BCUT2D eigenvalue weighted by molar-refractivity contribution is -0.0782. The summed E-state index contributed by atoms with van der Waals surface area (Å²) >= 11 is 6.01. The van der Waals surface area contributed by atoms with Crippen LogP contribution in [0.3, 0.4) is 0 Å². The van der Waals surface area contributed by atoms with Gasteiger partial charge in [0.2, 0.25) is 0 Å². The molecule has 0 bridgehead atoms. The number of ether oxygens (including phenoxy) is 1. The quantitative estimate of drug-likeness (QED) is 0.821. The van der Waals surface area contributed by atoms with Crippen LogP contribution in [0.25, 0.3) is 0 Å². The fourth-order valence-corrected chi connectivity index (χ4v) is 4.01. The van der Waals surface area contributed by atoms with Crippen molar-refractivity contribution in [3.63, 3.8) is 0 Å². The molecule has 19 heavy (non-hydrogen) atoms. The standard InChI is InChI=1S/C16H21ClO2/c1-2-11-5-3-4-8-16(11)10-14(18)13-9-12(17)6-7-15(13)19-16/h6-7,9,11,14,18H,2-5,8,10H2,1H3. The lowest BCUT2D eigenvalue weighted by atomic mass is 9.69. The molecule has 1 aromatic carbocycles. The Labute approximate surface area is 119 Å². The van der Waals surface area contributed by atoms with E-state index in [0.29, 0.717) is 17.4 Å². The molecule has 0 saturated heterocycles. The smallest absolute Gasteiger partial charge is 0.126 e. The number of rotatable bonds is 1. The van der Waals surface area contributed by atoms with Crippen LogP contribution in [0.2, 0.25) is 5.02 Å². The Morgan fingerprint density at radius 1 is 1.42 bits per heavy atom. The fraction of sp³-hybridized carbons (Fsp3) is 0.625. The molecule has 1 heterocycles. The van der Waals surface area contributed by atoms with Crippen molar-refractivity contribution in [2.24, 2.45) is 5.92 Å². The number of halogens is 1. The van der Waals surface area contributed by atoms with Crippen LogP contribution in [0.5, 0.6) is 5.75 Å². The normalized spacial score (nSPS) is 33.8. The molecule has 1 aromatic rings. The first-order valence-corrected chi connectivity index (χ1v) is 7.69. The van der Waals surface area contributed by atoms with Crippen LogP contribution >= 0.6 is 11.6 Å². The van der Waals surface area contributed by atoms with Gasteiger partial charge < -0.3 is 9.84 Å². The predicted molar refractivity (Wildman–Crippen MR) is 76.6 cm³/mol. The number of aliphatic hydroxyl groups excluding tert-OH is 1. The van der Waals surface area contributed by atoms with Crippen molar-refractivity contribution in [1.82, 2.24) is 0 Å². The second-order valence-corrected chi connectivity index (χ2v) is 6.36. The van der Waals surface area contributed by atoms with Crippen molar-refractivity contribution in [2.75, 3.05) is 0 Å². The Bertz CT molecular complexity index is 474. The minimum Gasteiger partial charge on any atom is -0.486 e. The highest BCUT2D eigenvalue weighted by atomic mass is 35.5. The first kappa shape index (κ1) is 13.3. The first-order chi connectivity index (χ1) is 9.14. The van der Waals surface area contributed by atoms with Gasteiger partial charge in [0.15, 0.2) is 0 Å². The molecular formula is C16H21ClO2. The summed E-state index contributed by atoms with van der Waals surface area (Å²) in [6, 6.07) is 5.58. The van der Waals surface area contributed by atoms with E-state index in [-0.39, 0.29) is 5.60 Å². The second-order valence-electron chi connectivity index (χ2n) is 5.92. The molecular weight excluding hydrogens is 260 g/mol. The van der Waals surface area contributed by atoms with Crippen LogP contribution in [-0.2, 0) is 0 Å². The maximum absolute atomic E-state index is 10.5. The minimum absolute atomic E-state index is 0.159. The highest BCUT2D eigenvalue weighted by Gasteiger charge is 2.46. The van der Waals surface area contributed by atoms with Crippen LogP contribution in [0.4, 0.5) is 0 Å². The summed E-state index contributed by atoms with van der Waals surface area (Å²) in [5, 5.41) is 11.1. The Morgan fingerprint density at radius 3 is 3.05 bits per heavy atom. The Hall–Kier alpha value is -0.730. The number of hydrogen-bond donors (Lipinski definition) is 1. The van der Waals surface area contributed by atoms with Crippen molar-refractivity contribution < 1.29 is 9.84 Å². The molecule has 0 aromatic heterocycles. The topological polar surface area (TPSA) is 29.5 Å². The number of hydrogen-bond acceptors (Lipinski definition) is 2. The molecule has 0 radical (unpaired) electrons. The lowest BCUT2D eigenvalue weighted by Gasteiger charge is -2.48. The van der Waals surface area contributed by atoms with Gasteiger partial charge in [0.25, 0.3) is 0 Å². The zero-order chi connectivity index (χ0) is 13.5. The van der Waals surface area contributed by atoms with E-state index in [4.69, 9.17) is 16.3 Å². The number of benzene rings is 1. The monoisotopic (exact) mass is 280 g/mol. The van der Waals surface area contributed by atoms with Gasteiger partial charge in [-0.25, -0.2) is 0 Å². The van der Waals surface area contributed by atoms with E-state index in [0.717, 1.165) is 24.2 Å². The van der Waals surface area contributed by atoms with E-state index < -0.39 is 6.10 Å². The SMILES string of the molecule is CCC1CCCCC12CC(O)c1cc(Cl)ccc1O2. The van der Waals surface area contributed by atoms with Crippen molar-refractivity contribution in [3.05, 3.63) is 28.8 Å². The third-order valence-electron chi connectivity index (χ3n) is 4.82. The maximum atomic E-state index is 10.5.